The molecule has 0 radical (unpaired) electrons. The van der Waals surface area contributed by atoms with Crippen LogP contribution >= 0.6 is 24.0 Å². The van der Waals surface area contributed by atoms with E-state index in [0.29, 0.717) is 36.9 Å². The summed E-state index contributed by atoms with van der Waals surface area (Å²) in [4.78, 5) is 4.71. The van der Waals surface area contributed by atoms with Crippen LogP contribution in [0.5, 0.6) is 17.2 Å². The molecule has 2 aromatic rings. The van der Waals surface area contributed by atoms with Crippen LogP contribution in [-0.4, -0.2) is 38.5 Å². The summed E-state index contributed by atoms with van der Waals surface area (Å²) in [6.07, 6.45) is 1.64. The van der Waals surface area contributed by atoms with E-state index in [1.54, 1.807) is 14.2 Å². The molecule has 31 heavy (non-hydrogen) atoms. The second-order valence-electron chi connectivity index (χ2n) is 6.55. The van der Waals surface area contributed by atoms with Crippen molar-refractivity contribution in [3.63, 3.8) is 0 Å². The van der Waals surface area contributed by atoms with Gasteiger partial charge in [-0.05, 0) is 38.0 Å². The van der Waals surface area contributed by atoms with E-state index in [4.69, 9.17) is 23.7 Å². The Bertz CT molecular complexity index is 792. The van der Waals surface area contributed by atoms with E-state index < -0.39 is 0 Å². The molecule has 0 amide bonds. The lowest BCUT2D eigenvalue weighted by molar-refractivity contribution is 0.288. The first-order valence-electron chi connectivity index (χ1n) is 10.5. The zero-order valence-electron chi connectivity index (χ0n) is 19.3. The molecule has 0 atom stereocenters. The number of guanidine groups is 1. The average molecular weight is 546 g/mol. The zero-order valence-corrected chi connectivity index (χ0v) is 21.7. The minimum Gasteiger partial charge on any atom is -0.493 e. The van der Waals surface area contributed by atoms with Gasteiger partial charge in [-0.3, -0.25) is 0 Å². The van der Waals surface area contributed by atoms with Gasteiger partial charge in [0, 0.05) is 25.1 Å². The number of rotatable bonds is 11. The number of aromatic nitrogens is 1. The molecule has 9 heteroatoms. The average Bonchev–Trinajstić information content (AvgIpc) is 3.18. The van der Waals surface area contributed by atoms with Crippen molar-refractivity contribution in [2.24, 2.45) is 4.99 Å². The van der Waals surface area contributed by atoms with E-state index in [1.807, 2.05) is 26.0 Å². The lowest BCUT2D eigenvalue weighted by atomic mass is 10.1. The van der Waals surface area contributed by atoms with E-state index in [1.165, 1.54) is 0 Å². The first-order valence-corrected chi connectivity index (χ1v) is 10.5. The number of aliphatic imine (C=N–C) groups is 1. The monoisotopic (exact) mass is 546 g/mol. The molecule has 0 fully saturated rings. The van der Waals surface area contributed by atoms with E-state index in [2.05, 4.69) is 29.6 Å². The van der Waals surface area contributed by atoms with Crippen molar-refractivity contribution in [1.29, 1.82) is 0 Å². The predicted octanol–water partition coefficient (Wildman–Crippen LogP) is 4.09. The number of nitrogens with one attached hydrogen (secondary N) is 2. The Morgan fingerprint density at radius 2 is 1.71 bits per heavy atom. The van der Waals surface area contributed by atoms with Gasteiger partial charge >= 0.3 is 0 Å². The van der Waals surface area contributed by atoms with Crippen molar-refractivity contribution in [3.8, 4) is 17.2 Å². The van der Waals surface area contributed by atoms with Gasteiger partial charge in [-0.25, -0.2) is 4.99 Å². The largest absolute Gasteiger partial charge is 0.493 e. The van der Waals surface area contributed by atoms with Crippen molar-refractivity contribution in [2.45, 2.75) is 53.6 Å². The maximum Gasteiger partial charge on any atom is 0.203 e. The molecule has 0 unspecified atom stereocenters. The fourth-order valence-corrected chi connectivity index (χ4v) is 3.13. The summed E-state index contributed by atoms with van der Waals surface area (Å²) in [7, 11) is 3.23. The van der Waals surface area contributed by atoms with Gasteiger partial charge in [0.15, 0.2) is 17.5 Å². The van der Waals surface area contributed by atoms with E-state index >= 15 is 0 Å². The summed E-state index contributed by atoms with van der Waals surface area (Å²) in [5.41, 5.74) is 3.05. The summed E-state index contributed by atoms with van der Waals surface area (Å²) < 4.78 is 22.1. The molecule has 0 saturated heterocycles. The van der Waals surface area contributed by atoms with Gasteiger partial charge in [-0.2, -0.15) is 0 Å². The normalized spacial score (nSPS) is 11.0. The summed E-state index contributed by atoms with van der Waals surface area (Å²) >= 11 is 0. The highest BCUT2D eigenvalue weighted by molar-refractivity contribution is 14.0. The van der Waals surface area contributed by atoms with Gasteiger partial charge in [0.2, 0.25) is 5.75 Å². The molecule has 2 rings (SSSR count). The quantitative estimate of drug-likeness (QED) is 0.249. The zero-order chi connectivity index (χ0) is 21.9. The Morgan fingerprint density at radius 3 is 2.23 bits per heavy atom. The SMILES string of the molecule is CCNC(=NCc1cc(OC)c(OCC)c(OC)c1)NCc1c(CC)noc1CC.I. The maximum absolute atomic E-state index is 5.67. The van der Waals surface area contributed by atoms with Crippen LogP contribution < -0.4 is 24.8 Å². The lowest BCUT2D eigenvalue weighted by Crippen LogP contribution is -2.37. The van der Waals surface area contributed by atoms with Crippen molar-refractivity contribution < 1.29 is 18.7 Å². The lowest BCUT2D eigenvalue weighted by Gasteiger charge is -2.15. The highest BCUT2D eigenvalue weighted by atomic mass is 127. The Hall–Kier alpha value is -2.17. The molecule has 2 N–H and O–H groups in total. The van der Waals surface area contributed by atoms with Crippen LogP contribution in [0.25, 0.3) is 0 Å². The fourth-order valence-electron chi connectivity index (χ4n) is 3.13. The molecule has 1 aromatic heterocycles. The summed E-state index contributed by atoms with van der Waals surface area (Å²) in [6, 6.07) is 3.84. The van der Waals surface area contributed by atoms with Crippen LogP contribution in [0.15, 0.2) is 21.6 Å². The number of benzene rings is 1. The van der Waals surface area contributed by atoms with Crippen LogP contribution in [0, 0.1) is 0 Å². The highest BCUT2D eigenvalue weighted by Crippen LogP contribution is 2.38. The number of nitrogens with zero attached hydrogens (tertiary/aromatic N) is 2. The topological polar surface area (TPSA) is 90.1 Å². The Balaban J connectivity index is 0.00000480. The molecule has 0 aliphatic heterocycles. The molecule has 0 aliphatic carbocycles. The maximum atomic E-state index is 5.67. The Morgan fingerprint density at radius 1 is 1.03 bits per heavy atom. The van der Waals surface area contributed by atoms with Crippen molar-refractivity contribution in [3.05, 3.63) is 34.7 Å². The molecule has 1 heterocycles. The molecule has 0 saturated carbocycles. The van der Waals surface area contributed by atoms with Crippen molar-refractivity contribution >= 4 is 29.9 Å². The van der Waals surface area contributed by atoms with Gasteiger partial charge in [0.25, 0.3) is 0 Å². The second kappa shape index (κ2) is 14.0. The third-order valence-electron chi connectivity index (χ3n) is 4.61. The number of hydrogen-bond donors (Lipinski definition) is 2. The smallest absolute Gasteiger partial charge is 0.203 e. The molecule has 0 aliphatic rings. The van der Waals surface area contributed by atoms with Crippen molar-refractivity contribution in [1.82, 2.24) is 15.8 Å². The number of halogens is 1. The van der Waals surface area contributed by atoms with Gasteiger partial charge in [0.1, 0.15) is 5.76 Å². The minimum atomic E-state index is 0. The second-order valence-corrected chi connectivity index (χ2v) is 6.55. The molecule has 174 valence electrons. The summed E-state index contributed by atoms with van der Waals surface area (Å²) in [5, 5.41) is 10.8. The van der Waals surface area contributed by atoms with Crippen LogP contribution in [0.3, 0.4) is 0 Å². The number of hydrogen-bond acceptors (Lipinski definition) is 6. The van der Waals surface area contributed by atoms with Crippen molar-refractivity contribution in [2.75, 3.05) is 27.4 Å². The third-order valence-corrected chi connectivity index (χ3v) is 4.61. The Kier molecular flexibility index (Phi) is 12.1. The van der Waals surface area contributed by atoms with E-state index in [-0.39, 0.29) is 24.0 Å². The molecule has 1 aromatic carbocycles. The van der Waals surface area contributed by atoms with E-state index in [9.17, 15) is 0 Å². The van der Waals surface area contributed by atoms with Crippen LogP contribution in [0.1, 0.15) is 50.3 Å². The fraction of sp³-hybridized carbons (Fsp3) is 0.545. The number of ether oxygens (including phenoxy) is 3. The van der Waals surface area contributed by atoms with Crippen LogP contribution in [0.4, 0.5) is 0 Å². The van der Waals surface area contributed by atoms with E-state index in [0.717, 1.165) is 47.9 Å². The number of aryl methyl sites for hydroxylation is 2. The summed E-state index contributed by atoms with van der Waals surface area (Å²) in [6.45, 7) is 10.5. The van der Waals surface area contributed by atoms with Crippen LogP contribution in [0.2, 0.25) is 0 Å². The standard InChI is InChI=1S/C22H34N4O4.HI/c1-7-17-16(18(8-2)30-26-17)14-25-22(23-9-3)24-13-15-11-19(27-5)21(29-10-4)20(12-15)28-6;/h11-12H,7-10,13-14H2,1-6H3,(H2,23,24,25);1H. The Labute approximate surface area is 202 Å². The molecule has 0 bridgehead atoms. The van der Waals surface area contributed by atoms with Crippen LogP contribution in [-0.2, 0) is 25.9 Å². The first kappa shape index (κ1) is 26.9. The molecular formula is C22H35IN4O4. The first-order chi connectivity index (χ1) is 14.6. The van der Waals surface area contributed by atoms with Gasteiger partial charge in [-0.15, -0.1) is 24.0 Å². The van der Waals surface area contributed by atoms with Gasteiger partial charge < -0.3 is 29.4 Å². The molecule has 0 spiro atoms. The highest BCUT2D eigenvalue weighted by Gasteiger charge is 2.15. The predicted molar refractivity (Wildman–Crippen MR) is 133 cm³/mol. The van der Waals surface area contributed by atoms with Gasteiger partial charge in [-0.1, -0.05) is 19.0 Å². The summed E-state index contributed by atoms with van der Waals surface area (Å²) in [5.74, 6) is 3.49. The minimum absolute atomic E-state index is 0. The number of methoxy groups -OCH3 is 2. The van der Waals surface area contributed by atoms with Gasteiger partial charge in [0.05, 0.1) is 33.1 Å². The molecular weight excluding hydrogens is 511 g/mol. The third kappa shape index (κ3) is 7.19. The molecule has 8 nitrogen and oxygen atoms in total.